The highest BCUT2D eigenvalue weighted by Crippen LogP contribution is 2.21. The molecule has 1 rings (SSSR count). The van der Waals surface area contributed by atoms with Gasteiger partial charge in [0.2, 0.25) is 5.91 Å². The van der Waals surface area contributed by atoms with Crippen molar-refractivity contribution in [3.05, 3.63) is 11.1 Å². The fraction of sp³-hybridized carbons (Fsp3) is 0.667. The van der Waals surface area contributed by atoms with E-state index in [1.54, 1.807) is 11.3 Å². The smallest absolute Gasteiger partial charge is 0.230 e. The van der Waals surface area contributed by atoms with Crippen molar-refractivity contribution in [2.45, 2.75) is 43.9 Å². The normalized spacial score (nSPS) is 10.5. The van der Waals surface area contributed by atoms with E-state index in [1.165, 1.54) is 31.0 Å². The quantitative estimate of drug-likeness (QED) is 0.583. The minimum absolute atomic E-state index is 0.111. The summed E-state index contributed by atoms with van der Waals surface area (Å²) in [5, 5.41) is 4.94. The van der Waals surface area contributed by atoms with E-state index in [1.807, 2.05) is 12.3 Å². The third-order valence-electron chi connectivity index (χ3n) is 2.28. The van der Waals surface area contributed by atoms with Gasteiger partial charge in [-0.1, -0.05) is 37.9 Å². The molecule has 0 aliphatic rings. The van der Waals surface area contributed by atoms with Gasteiger partial charge in [0, 0.05) is 17.6 Å². The van der Waals surface area contributed by atoms with Gasteiger partial charge in [-0.2, -0.15) is 0 Å². The Hall–Kier alpha value is -0.550. The maximum Gasteiger partial charge on any atom is 0.230 e. The van der Waals surface area contributed by atoms with Gasteiger partial charge in [0.25, 0.3) is 0 Å². The molecule has 0 bridgehead atoms. The molecular formula is C12H20N2OS2. The molecule has 0 aromatic carbocycles. The van der Waals surface area contributed by atoms with E-state index >= 15 is 0 Å². The Morgan fingerprint density at radius 1 is 1.47 bits per heavy atom. The first kappa shape index (κ1) is 14.5. The number of nitrogens with one attached hydrogen (secondary N) is 1. The minimum Gasteiger partial charge on any atom is -0.355 e. The predicted molar refractivity (Wildman–Crippen MR) is 74.7 cm³/mol. The van der Waals surface area contributed by atoms with Crippen molar-refractivity contribution < 1.29 is 4.79 Å². The van der Waals surface area contributed by atoms with Crippen LogP contribution in [0.15, 0.2) is 9.72 Å². The lowest BCUT2D eigenvalue weighted by Crippen LogP contribution is -2.26. The first-order valence-electron chi connectivity index (χ1n) is 6.04. The van der Waals surface area contributed by atoms with E-state index in [0.717, 1.165) is 23.0 Å². The summed E-state index contributed by atoms with van der Waals surface area (Å²) < 4.78 is 0.976. The Balaban J connectivity index is 2.05. The van der Waals surface area contributed by atoms with Crippen LogP contribution in [0.1, 0.15) is 38.3 Å². The highest BCUT2D eigenvalue weighted by molar-refractivity contribution is 8.01. The zero-order chi connectivity index (χ0) is 12.5. The summed E-state index contributed by atoms with van der Waals surface area (Å²) in [5.74, 6) is 0.583. The number of hydrogen-bond acceptors (Lipinski definition) is 4. The highest BCUT2D eigenvalue weighted by atomic mass is 32.2. The Kier molecular flexibility index (Phi) is 7.28. The largest absolute Gasteiger partial charge is 0.355 e. The van der Waals surface area contributed by atoms with Gasteiger partial charge in [0.15, 0.2) is 4.34 Å². The van der Waals surface area contributed by atoms with Gasteiger partial charge in [-0.15, -0.1) is 11.3 Å². The molecule has 96 valence electrons. The van der Waals surface area contributed by atoms with Gasteiger partial charge in [-0.3, -0.25) is 4.79 Å². The lowest BCUT2D eigenvalue weighted by Gasteiger charge is -2.03. The van der Waals surface area contributed by atoms with Crippen molar-refractivity contribution >= 4 is 29.0 Å². The number of thiazole rings is 1. The lowest BCUT2D eigenvalue weighted by molar-refractivity contribution is -0.118. The standard InChI is InChI=1S/C12H20N2OS2/c1-3-4-5-6-7-13-11(15)9-17-12-14-10(2)8-16-12/h8H,3-7,9H2,1-2H3,(H,13,15). The molecule has 1 N–H and O–H groups in total. The van der Waals surface area contributed by atoms with Crippen molar-refractivity contribution in [2.75, 3.05) is 12.3 Å². The van der Waals surface area contributed by atoms with Crippen LogP contribution in [-0.2, 0) is 4.79 Å². The highest BCUT2D eigenvalue weighted by Gasteiger charge is 2.04. The van der Waals surface area contributed by atoms with Crippen LogP contribution in [0.25, 0.3) is 0 Å². The number of aryl methyl sites for hydroxylation is 1. The van der Waals surface area contributed by atoms with Crippen LogP contribution < -0.4 is 5.32 Å². The molecule has 17 heavy (non-hydrogen) atoms. The molecule has 0 aliphatic carbocycles. The number of aromatic nitrogens is 1. The molecule has 0 fully saturated rings. The third kappa shape index (κ3) is 6.68. The Morgan fingerprint density at radius 2 is 2.29 bits per heavy atom. The van der Waals surface area contributed by atoms with Crippen molar-refractivity contribution in [3.63, 3.8) is 0 Å². The summed E-state index contributed by atoms with van der Waals surface area (Å²) >= 11 is 3.11. The fourth-order valence-electron chi connectivity index (χ4n) is 1.36. The maximum atomic E-state index is 11.5. The van der Waals surface area contributed by atoms with Gasteiger partial charge >= 0.3 is 0 Å². The second-order valence-corrected chi connectivity index (χ2v) is 6.03. The van der Waals surface area contributed by atoms with E-state index in [2.05, 4.69) is 17.2 Å². The van der Waals surface area contributed by atoms with Gasteiger partial charge in [0.1, 0.15) is 0 Å². The molecule has 0 atom stereocenters. The average molecular weight is 272 g/mol. The van der Waals surface area contributed by atoms with Crippen LogP contribution >= 0.6 is 23.1 Å². The lowest BCUT2D eigenvalue weighted by atomic mass is 10.2. The number of carbonyl (C=O) groups excluding carboxylic acids is 1. The monoisotopic (exact) mass is 272 g/mol. The van der Waals surface area contributed by atoms with Gasteiger partial charge < -0.3 is 5.32 Å². The molecule has 0 saturated heterocycles. The summed E-state index contributed by atoms with van der Waals surface area (Å²) in [4.78, 5) is 15.8. The first-order valence-corrected chi connectivity index (χ1v) is 7.90. The SMILES string of the molecule is CCCCCCNC(=O)CSc1nc(C)cs1. The van der Waals surface area contributed by atoms with Crippen LogP contribution in [0.2, 0.25) is 0 Å². The van der Waals surface area contributed by atoms with Gasteiger partial charge in [0.05, 0.1) is 5.75 Å². The summed E-state index contributed by atoms with van der Waals surface area (Å²) in [7, 11) is 0. The molecule has 1 heterocycles. The number of carbonyl (C=O) groups is 1. The molecule has 0 radical (unpaired) electrons. The van der Waals surface area contributed by atoms with E-state index < -0.39 is 0 Å². The second kappa shape index (κ2) is 8.53. The number of thioether (sulfide) groups is 1. The van der Waals surface area contributed by atoms with Crippen molar-refractivity contribution in [3.8, 4) is 0 Å². The summed E-state index contributed by atoms with van der Waals surface area (Å²) in [6, 6.07) is 0. The molecule has 0 spiro atoms. The van der Waals surface area contributed by atoms with Crippen LogP contribution in [0, 0.1) is 6.92 Å². The molecule has 5 heteroatoms. The van der Waals surface area contributed by atoms with Crippen LogP contribution in [0.5, 0.6) is 0 Å². The number of unbranched alkanes of at least 4 members (excludes halogenated alkanes) is 3. The zero-order valence-electron chi connectivity index (χ0n) is 10.5. The number of amides is 1. The van der Waals surface area contributed by atoms with Crippen molar-refractivity contribution in [2.24, 2.45) is 0 Å². The molecule has 1 aromatic heterocycles. The second-order valence-electron chi connectivity index (χ2n) is 3.95. The van der Waals surface area contributed by atoms with Crippen LogP contribution in [-0.4, -0.2) is 23.2 Å². The van der Waals surface area contributed by atoms with Gasteiger partial charge in [-0.05, 0) is 13.3 Å². The number of nitrogens with zero attached hydrogens (tertiary/aromatic N) is 1. The van der Waals surface area contributed by atoms with Crippen LogP contribution in [0.3, 0.4) is 0 Å². The van der Waals surface area contributed by atoms with Gasteiger partial charge in [-0.25, -0.2) is 4.98 Å². The van der Waals surface area contributed by atoms with E-state index in [-0.39, 0.29) is 5.91 Å². The molecular weight excluding hydrogens is 252 g/mol. The Bertz CT molecular complexity index is 339. The first-order chi connectivity index (χ1) is 8.22. The summed E-state index contributed by atoms with van der Waals surface area (Å²) in [6.07, 6.45) is 4.77. The molecule has 0 unspecified atom stereocenters. The Labute approximate surface area is 111 Å². The molecule has 1 aromatic rings. The van der Waals surface area contributed by atoms with E-state index in [0.29, 0.717) is 5.75 Å². The molecule has 0 aliphatic heterocycles. The maximum absolute atomic E-state index is 11.5. The van der Waals surface area contributed by atoms with Crippen molar-refractivity contribution in [1.29, 1.82) is 0 Å². The Morgan fingerprint density at radius 3 is 2.94 bits per heavy atom. The molecule has 1 amide bonds. The zero-order valence-corrected chi connectivity index (χ0v) is 12.1. The topological polar surface area (TPSA) is 42.0 Å². The van der Waals surface area contributed by atoms with E-state index in [9.17, 15) is 4.79 Å². The molecule has 0 saturated carbocycles. The third-order valence-corrected chi connectivity index (χ3v) is 4.42. The van der Waals surface area contributed by atoms with E-state index in [4.69, 9.17) is 0 Å². The molecule has 3 nitrogen and oxygen atoms in total. The summed E-state index contributed by atoms with van der Waals surface area (Å²) in [6.45, 7) is 4.95. The van der Waals surface area contributed by atoms with Crippen LogP contribution in [0.4, 0.5) is 0 Å². The minimum atomic E-state index is 0.111. The fourth-order valence-corrected chi connectivity index (χ4v) is 3.04. The number of rotatable bonds is 8. The number of hydrogen-bond donors (Lipinski definition) is 1. The summed E-state index contributed by atoms with van der Waals surface area (Å²) in [5.41, 5.74) is 1.03. The average Bonchev–Trinajstić information content (AvgIpc) is 2.72. The predicted octanol–water partition coefficient (Wildman–Crippen LogP) is 3.24. The van der Waals surface area contributed by atoms with Crippen molar-refractivity contribution in [1.82, 2.24) is 10.3 Å².